The highest BCUT2D eigenvalue weighted by atomic mass is 16.5. The predicted octanol–water partition coefficient (Wildman–Crippen LogP) is 3.39. The van der Waals surface area contributed by atoms with Crippen molar-refractivity contribution in [1.82, 2.24) is 10.2 Å². The van der Waals surface area contributed by atoms with Crippen molar-refractivity contribution < 1.29 is 9.47 Å². The van der Waals surface area contributed by atoms with Gasteiger partial charge in [-0.15, -0.1) is 0 Å². The summed E-state index contributed by atoms with van der Waals surface area (Å²) in [5.41, 5.74) is 1.38. The van der Waals surface area contributed by atoms with Gasteiger partial charge in [0.2, 0.25) is 0 Å². The normalized spacial score (nSPS) is 10.7. The topological polar surface area (TPSA) is 64.2 Å². The Balaban J connectivity index is 2.17. The lowest BCUT2D eigenvalue weighted by molar-refractivity contribution is 0.288. The second kappa shape index (κ2) is 6.52. The van der Waals surface area contributed by atoms with Crippen molar-refractivity contribution in [3.63, 3.8) is 0 Å². The lowest BCUT2D eigenvalue weighted by Crippen LogP contribution is -2.09. The van der Waals surface area contributed by atoms with Gasteiger partial charge in [0.25, 0.3) is 5.56 Å². The van der Waals surface area contributed by atoms with Crippen LogP contribution in [0.5, 0.6) is 11.5 Å². The Kier molecular flexibility index (Phi) is 4.28. The number of hydrogen-bond donors (Lipinski definition) is 1. The van der Waals surface area contributed by atoms with Crippen LogP contribution in [0.15, 0.2) is 47.3 Å². The minimum atomic E-state index is -0.194. The van der Waals surface area contributed by atoms with E-state index in [1.807, 2.05) is 50.2 Å². The van der Waals surface area contributed by atoms with E-state index in [1.54, 1.807) is 6.07 Å². The summed E-state index contributed by atoms with van der Waals surface area (Å²) in [7, 11) is 0. The second-order valence-electron chi connectivity index (χ2n) is 4.97. The highest BCUT2D eigenvalue weighted by Gasteiger charge is 2.12. The number of rotatable bonds is 5. The third-order valence-electron chi connectivity index (χ3n) is 3.51. The van der Waals surface area contributed by atoms with Gasteiger partial charge in [0.15, 0.2) is 11.5 Å². The summed E-state index contributed by atoms with van der Waals surface area (Å²) in [5, 5.41) is 8.20. The van der Waals surface area contributed by atoms with Crippen LogP contribution in [0.4, 0.5) is 0 Å². The van der Waals surface area contributed by atoms with Crippen LogP contribution in [0.1, 0.15) is 13.8 Å². The van der Waals surface area contributed by atoms with Crippen LogP contribution in [0, 0.1) is 0 Å². The van der Waals surface area contributed by atoms with Gasteiger partial charge in [-0.1, -0.05) is 18.2 Å². The van der Waals surface area contributed by atoms with Crippen molar-refractivity contribution in [2.75, 3.05) is 13.2 Å². The SMILES string of the molecule is CCOc1ccc(-c2n[nH]c(=O)c3ccccc23)cc1OCC. The zero-order valence-corrected chi connectivity index (χ0v) is 13.1. The summed E-state index contributed by atoms with van der Waals surface area (Å²) in [4.78, 5) is 11.9. The smallest absolute Gasteiger partial charge is 0.272 e. The second-order valence-corrected chi connectivity index (χ2v) is 4.97. The number of ether oxygens (including phenoxy) is 2. The molecule has 5 heteroatoms. The van der Waals surface area contributed by atoms with Crippen molar-refractivity contribution >= 4 is 10.8 Å². The maximum absolute atomic E-state index is 11.9. The first-order chi connectivity index (χ1) is 11.2. The molecule has 23 heavy (non-hydrogen) atoms. The Morgan fingerprint density at radius 2 is 1.65 bits per heavy atom. The molecule has 0 unspecified atom stereocenters. The fraction of sp³-hybridized carbons (Fsp3) is 0.222. The molecule has 3 rings (SSSR count). The summed E-state index contributed by atoms with van der Waals surface area (Å²) in [5.74, 6) is 1.37. The standard InChI is InChI=1S/C18H18N2O3/c1-3-22-15-10-9-12(11-16(15)23-4-2)17-13-7-5-6-8-14(13)18(21)20-19-17/h5-11H,3-4H2,1-2H3,(H,20,21). The van der Waals surface area contributed by atoms with Crippen molar-refractivity contribution in [2.45, 2.75) is 13.8 Å². The molecule has 0 aliphatic rings. The molecule has 0 atom stereocenters. The fourth-order valence-electron chi connectivity index (χ4n) is 2.53. The number of fused-ring (bicyclic) bond motifs is 1. The first kappa shape index (κ1) is 15.1. The van der Waals surface area contributed by atoms with Gasteiger partial charge < -0.3 is 9.47 Å². The third kappa shape index (κ3) is 2.90. The van der Waals surface area contributed by atoms with Crippen LogP contribution in [-0.2, 0) is 0 Å². The van der Waals surface area contributed by atoms with E-state index in [4.69, 9.17) is 9.47 Å². The monoisotopic (exact) mass is 310 g/mol. The van der Waals surface area contributed by atoms with E-state index in [1.165, 1.54) is 0 Å². The summed E-state index contributed by atoms with van der Waals surface area (Å²) in [6.07, 6.45) is 0. The molecule has 3 aromatic rings. The zero-order chi connectivity index (χ0) is 16.2. The Morgan fingerprint density at radius 1 is 0.957 bits per heavy atom. The number of nitrogens with zero attached hydrogens (tertiary/aromatic N) is 1. The third-order valence-corrected chi connectivity index (χ3v) is 3.51. The molecule has 2 aromatic carbocycles. The summed E-state index contributed by atoms with van der Waals surface area (Å²) >= 11 is 0. The predicted molar refractivity (Wildman–Crippen MR) is 90.1 cm³/mol. The van der Waals surface area contributed by atoms with Crippen molar-refractivity contribution in [1.29, 1.82) is 0 Å². The Hall–Kier alpha value is -2.82. The zero-order valence-electron chi connectivity index (χ0n) is 13.1. The Bertz CT molecular complexity index is 887. The molecule has 1 N–H and O–H groups in total. The molecule has 1 aromatic heterocycles. The van der Waals surface area contributed by atoms with Gasteiger partial charge >= 0.3 is 0 Å². The number of nitrogens with one attached hydrogen (secondary N) is 1. The Morgan fingerprint density at radius 3 is 2.39 bits per heavy atom. The molecule has 0 fully saturated rings. The quantitative estimate of drug-likeness (QED) is 0.784. The molecule has 5 nitrogen and oxygen atoms in total. The van der Waals surface area contributed by atoms with Crippen molar-refractivity contribution in [2.24, 2.45) is 0 Å². The first-order valence-corrected chi connectivity index (χ1v) is 7.62. The van der Waals surface area contributed by atoms with Crippen LogP contribution >= 0.6 is 0 Å². The van der Waals surface area contributed by atoms with Gasteiger partial charge in [0, 0.05) is 10.9 Å². The van der Waals surface area contributed by atoms with Crippen LogP contribution in [0.25, 0.3) is 22.0 Å². The number of aromatic amines is 1. The van der Waals surface area contributed by atoms with E-state index >= 15 is 0 Å². The van der Waals surface area contributed by atoms with Crippen LogP contribution < -0.4 is 15.0 Å². The van der Waals surface area contributed by atoms with Gasteiger partial charge in [0.05, 0.1) is 24.3 Å². The molecule has 1 heterocycles. The summed E-state index contributed by atoms with van der Waals surface area (Å²) in [6.45, 7) is 4.97. The molecule has 0 aliphatic carbocycles. The molecule has 0 saturated carbocycles. The minimum absolute atomic E-state index is 0.194. The maximum Gasteiger partial charge on any atom is 0.272 e. The molecule has 0 aliphatic heterocycles. The Labute approximate surface area is 133 Å². The molecular formula is C18H18N2O3. The van der Waals surface area contributed by atoms with Gasteiger partial charge in [-0.2, -0.15) is 5.10 Å². The van der Waals surface area contributed by atoms with Crippen LogP contribution in [0.3, 0.4) is 0 Å². The van der Waals surface area contributed by atoms with E-state index in [2.05, 4.69) is 10.2 Å². The summed E-state index contributed by atoms with van der Waals surface area (Å²) < 4.78 is 11.2. The van der Waals surface area contributed by atoms with E-state index in [-0.39, 0.29) is 5.56 Å². The largest absolute Gasteiger partial charge is 0.490 e. The van der Waals surface area contributed by atoms with Crippen molar-refractivity contribution in [3.05, 3.63) is 52.8 Å². The van der Waals surface area contributed by atoms with Gasteiger partial charge in [-0.3, -0.25) is 4.79 Å². The average Bonchev–Trinajstić information content (AvgIpc) is 2.58. The van der Waals surface area contributed by atoms with E-state index < -0.39 is 0 Å². The average molecular weight is 310 g/mol. The van der Waals surface area contributed by atoms with E-state index in [0.29, 0.717) is 35.8 Å². The first-order valence-electron chi connectivity index (χ1n) is 7.62. The number of hydrogen-bond acceptors (Lipinski definition) is 4. The van der Waals surface area contributed by atoms with Crippen LogP contribution in [0.2, 0.25) is 0 Å². The molecular weight excluding hydrogens is 292 g/mol. The van der Waals surface area contributed by atoms with Gasteiger partial charge in [-0.25, -0.2) is 5.10 Å². The van der Waals surface area contributed by atoms with Gasteiger partial charge in [0.1, 0.15) is 0 Å². The summed E-state index contributed by atoms with van der Waals surface area (Å²) in [6, 6.07) is 13.1. The lowest BCUT2D eigenvalue weighted by atomic mass is 10.0. The molecule has 0 amide bonds. The fourth-order valence-corrected chi connectivity index (χ4v) is 2.53. The highest BCUT2D eigenvalue weighted by molar-refractivity contribution is 5.93. The molecule has 0 bridgehead atoms. The molecule has 0 radical (unpaired) electrons. The van der Waals surface area contributed by atoms with E-state index in [0.717, 1.165) is 10.9 Å². The number of benzene rings is 2. The van der Waals surface area contributed by atoms with Crippen molar-refractivity contribution in [3.8, 4) is 22.8 Å². The lowest BCUT2D eigenvalue weighted by Gasteiger charge is -2.12. The minimum Gasteiger partial charge on any atom is -0.490 e. The molecule has 0 saturated heterocycles. The van der Waals surface area contributed by atoms with Gasteiger partial charge in [-0.05, 0) is 38.1 Å². The maximum atomic E-state index is 11.9. The molecule has 0 spiro atoms. The highest BCUT2D eigenvalue weighted by Crippen LogP contribution is 2.33. The molecule has 118 valence electrons. The number of H-pyrrole nitrogens is 1. The van der Waals surface area contributed by atoms with Crippen LogP contribution in [-0.4, -0.2) is 23.4 Å². The number of aromatic nitrogens is 2. The van der Waals surface area contributed by atoms with E-state index in [9.17, 15) is 4.79 Å².